The van der Waals surface area contributed by atoms with E-state index in [-0.39, 0.29) is 12.5 Å². The van der Waals surface area contributed by atoms with Gasteiger partial charge in [0.25, 0.3) is 0 Å². The number of hydrogen-bond donors (Lipinski definition) is 1. The van der Waals surface area contributed by atoms with E-state index in [2.05, 4.69) is 15.0 Å². The van der Waals surface area contributed by atoms with Crippen LogP contribution < -0.4 is 0 Å². The van der Waals surface area contributed by atoms with Crippen LogP contribution in [0.15, 0.2) is 24.9 Å². The minimum Gasteiger partial charge on any atom is -0.390 e. The van der Waals surface area contributed by atoms with Gasteiger partial charge in [-0.3, -0.25) is 0 Å². The Morgan fingerprint density at radius 3 is 2.81 bits per heavy atom. The van der Waals surface area contributed by atoms with E-state index in [0.29, 0.717) is 5.69 Å². The second kappa shape index (κ2) is 4.40. The number of rotatable bonds is 3. The van der Waals surface area contributed by atoms with E-state index in [0.717, 1.165) is 11.5 Å². The monoisotopic (exact) mass is 218 g/mol. The van der Waals surface area contributed by atoms with Gasteiger partial charge in [-0.15, -0.1) is 0 Å². The average Bonchev–Trinajstić information content (AvgIpc) is 2.81. The number of aromatic nitrogens is 4. The van der Waals surface area contributed by atoms with Gasteiger partial charge in [0.15, 0.2) is 0 Å². The molecular formula is C11H14N4O. The second-order valence-corrected chi connectivity index (χ2v) is 3.84. The Balaban J connectivity index is 2.47. The number of aliphatic hydroxyl groups is 1. The molecule has 0 saturated heterocycles. The summed E-state index contributed by atoms with van der Waals surface area (Å²) in [7, 11) is 0. The Labute approximate surface area is 93.8 Å². The van der Waals surface area contributed by atoms with Crippen LogP contribution in [0.2, 0.25) is 0 Å². The van der Waals surface area contributed by atoms with Crippen molar-refractivity contribution in [2.45, 2.75) is 26.4 Å². The molecule has 0 bridgehead atoms. The highest BCUT2D eigenvalue weighted by molar-refractivity contribution is 5.34. The van der Waals surface area contributed by atoms with E-state index in [1.165, 1.54) is 0 Å². The van der Waals surface area contributed by atoms with E-state index >= 15 is 0 Å². The van der Waals surface area contributed by atoms with E-state index in [1.807, 2.05) is 13.8 Å². The molecule has 0 unspecified atom stereocenters. The summed E-state index contributed by atoms with van der Waals surface area (Å²) in [5.41, 5.74) is 1.39. The Kier molecular flexibility index (Phi) is 2.96. The van der Waals surface area contributed by atoms with Gasteiger partial charge in [0.05, 0.1) is 30.5 Å². The first-order valence-electron chi connectivity index (χ1n) is 5.17. The van der Waals surface area contributed by atoms with Crippen molar-refractivity contribution in [2.24, 2.45) is 0 Å². The maximum Gasteiger partial charge on any atom is 0.131 e. The fourth-order valence-corrected chi connectivity index (χ4v) is 1.44. The lowest BCUT2D eigenvalue weighted by atomic mass is 10.2. The molecule has 0 aliphatic heterocycles. The van der Waals surface area contributed by atoms with Crippen molar-refractivity contribution in [3.63, 3.8) is 0 Å². The van der Waals surface area contributed by atoms with Crippen molar-refractivity contribution in [3.8, 4) is 5.69 Å². The summed E-state index contributed by atoms with van der Waals surface area (Å²) < 4.78 is 1.79. The first-order chi connectivity index (χ1) is 7.72. The molecule has 2 heterocycles. The summed E-state index contributed by atoms with van der Waals surface area (Å²) in [6, 6.07) is 0. The number of nitrogens with zero attached hydrogens (tertiary/aromatic N) is 4. The van der Waals surface area contributed by atoms with Crippen LogP contribution in [0.5, 0.6) is 0 Å². The van der Waals surface area contributed by atoms with E-state index in [9.17, 15) is 5.11 Å². The molecule has 0 atom stereocenters. The van der Waals surface area contributed by atoms with Crippen LogP contribution in [0, 0.1) is 0 Å². The van der Waals surface area contributed by atoms with Crippen LogP contribution in [-0.4, -0.2) is 24.6 Å². The van der Waals surface area contributed by atoms with Crippen molar-refractivity contribution in [3.05, 3.63) is 36.4 Å². The van der Waals surface area contributed by atoms with Crippen LogP contribution in [0.3, 0.4) is 0 Å². The molecule has 0 saturated carbocycles. The molecule has 0 aliphatic carbocycles. The summed E-state index contributed by atoms with van der Waals surface area (Å²) in [5, 5.41) is 9.30. The summed E-state index contributed by atoms with van der Waals surface area (Å²) in [6.07, 6.45) is 6.85. The Hall–Kier alpha value is -1.75. The van der Waals surface area contributed by atoms with Crippen molar-refractivity contribution >= 4 is 0 Å². The highest BCUT2D eigenvalue weighted by Crippen LogP contribution is 2.15. The molecule has 0 fully saturated rings. The molecule has 0 aliphatic rings. The van der Waals surface area contributed by atoms with Crippen molar-refractivity contribution < 1.29 is 5.11 Å². The topological polar surface area (TPSA) is 63.8 Å². The normalized spacial score (nSPS) is 11.0. The number of aliphatic hydroxyl groups excluding tert-OH is 1. The smallest absolute Gasteiger partial charge is 0.131 e. The predicted octanol–water partition coefficient (Wildman–Crippen LogP) is 1.28. The van der Waals surface area contributed by atoms with Crippen LogP contribution >= 0.6 is 0 Å². The zero-order chi connectivity index (χ0) is 11.5. The van der Waals surface area contributed by atoms with Gasteiger partial charge in [-0.05, 0) is 0 Å². The van der Waals surface area contributed by atoms with Gasteiger partial charge in [-0.25, -0.2) is 15.0 Å². The molecule has 5 heteroatoms. The Bertz CT molecular complexity index is 465. The van der Waals surface area contributed by atoms with E-state index in [1.54, 1.807) is 29.5 Å². The third kappa shape index (κ3) is 1.94. The van der Waals surface area contributed by atoms with Gasteiger partial charge >= 0.3 is 0 Å². The van der Waals surface area contributed by atoms with Gasteiger partial charge in [-0.2, -0.15) is 0 Å². The Morgan fingerprint density at radius 2 is 2.25 bits per heavy atom. The van der Waals surface area contributed by atoms with Crippen molar-refractivity contribution in [1.29, 1.82) is 0 Å². The van der Waals surface area contributed by atoms with Gasteiger partial charge in [-0.1, -0.05) is 13.8 Å². The molecule has 0 radical (unpaired) electrons. The Morgan fingerprint density at radius 1 is 1.44 bits per heavy atom. The van der Waals surface area contributed by atoms with Crippen LogP contribution in [0.4, 0.5) is 0 Å². The SMILES string of the molecule is CC(C)c1ncc(-n2ccnc2)c(CO)n1. The summed E-state index contributed by atoms with van der Waals surface area (Å²) in [6.45, 7) is 3.94. The maximum absolute atomic E-state index is 9.30. The summed E-state index contributed by atoms with van der Waals surface area (Å²) in [5.74, 6) is 0.995. The summed E-state index contributed by atoms with van der Waals surface area (Å²) >= 11 is 0. The fraction of sp³-hybridized carbons (Fsp3) is 0.364. The maximum atomic E-state index is 9.30. The first-order valence-corrected chi connectivity index (χ1v) is 5.17. The van der Waals surface area contributed by atoms with Gasteiger partial charge in [0, 0.05) is 18.3 Å². The molecular weight excluding hydrogens is 204 g/mol. The molecule has 1 N–H and O–H groups in total. The number of imidazole rings is 1. The zero-order valence-electron chi connectivity index (χ0n) is 9.33. The standard InChI is InChI=1S/C11H14N4O/c1-8(2)11-13-5-10(9(6-16)14-11)15-4-3-12-7-15/h3-5,7-8,16H,6H2,1-2H3. The second-order valence-electron chi connectivity index (χ2n) is 3.84. The lowest BCUT2D eigenvalue weighted by Gasteiger charge is -2.10. The largest absolute Gasteiger partial charge is 0.390 e. The van der Waals surface area contributed by atoms with Gasteiger partial charge in [0.2, 0.25) is 0 Å². The van der Waals surface area contributed by atoms with E-state index in [4.69, 9.17) is 0 Å². The molecule has 2 aromatic rings. The van der Waals surface area contributed by atoms with Gasteiger partial charge < -0.3 is 9.67 Å². The van der Waals surface area contributed by atoms with Gasteiger partial charge in [0.1, 0.15) is 5.82 Å². The van der Waals surface area contributed by atoms with Crippen LogP contribution in [0.25, 0.3) is 5.69 Å². The molecule has 84 valence electrons. The lowest BCUT2D eigenvalue weighted by Crippen LogP contribution is -2.06. The third-order valence-electron chi connectivity index (χ3n) is 2.31. The number of hydrogen-bond acceptors (Lipinski definition) is 4. The molecule has 5 nitrogen and oxygen atoms in total. The van der Waals surface area contributed by atoms with Crippen LogP contribution in [0.1, 0.15) is 31.3 Å². The average molecular weight is 218 g/mol. The molecule has 0 spiro atoms. The summed E-state index contributed by atoms with van der Waals surface area (Å²) in [4.78, 5) is 12.6. The quantitative estimate of drug-likeness (QED) is 0.842. The minimum absolute atomic E-state index is 0.101. The first kappa shape index (κ1) is 10.8. The highest BCUT2D eigenvalue weighted by Gasteiger charge is 2.09. The van der Waals surface area contributed by atoms with E-state index < -0.39 is 0 Å². The molecule has 2 aromatic heterocycles. The lowest BCUT2D eigenvalue weighted by molar-refractivity contribution is 0.275. The highest BCUT2D eigenvalue weighted by atomic mass is 16.3. The fourth-order valence-electron chi connectivity index (χ4n) is 1.44. The molecule has 2 rings (SSSR count). The third-order valence-corrected chi connectivity index (χ3v) is 2.31. The van der Waals surface area contributed by atoms with Crippen LogP contribution in [-0.2, 0) is 6.61 Å². The zero-order valence-corrected chi connectivity index (χ0v) is 9.33. The molecule has 0 amide bonds. The predicted molar refractivity (Wildman–Crippen MR) is 59.2 cm³/mol. The van der Waals surface area contributed by atoms with Crippen molar-refractivity contribution in [1.82, 2.24) is 19.5 Å². The molecule has 16 heavy (non-hydrogen) atoms. The molecule has 0 aromatic carbocycles. The van der Waals surface area contributed by atoms with Crippen molar-refractivity contribution in [2.75, 3.05) is 0 Å². The minimum atomic E-state index is -0.101.